The number of benzene rings is 1. The molecule has 2 aliphatic heterocycles. The Morgan fingerprint density at radius 3 is 2.84 bits per heavy atom. The van der Waals surface area contributed by atoms with E-state index in [1.54, 1.807) is 0 Å². The fourth-order valence-electron chi connectivity index (χ4n) is 2.41. The molecule has 2 aliphatic rings. The molecule has 2 heterocycles. The summed E-state index contributed by atoms with van der Waals surface area (Å²) in [5, 5.41) is 0. The molecular formula is C14H19NO4. The van der Waals surface area contributed by atoms with Gasteiger partial charge in [-0.25, -0.2) is 0 Å². The van der Waals surface area contributed by atoms with E-state index < -0.39 is 0 Å². The minimum Gasteiger partial charge on any atom is -0.488 e. The highest BCUT2D eigenvalue weighted by molar-refractivity contribution is 5.52. The second-order valence-electron chi connectivity index (χ2n) is 4.81. The van der Waals surface area contributed by atoms with Crippen molar-refractivity contribution in [2.75, 3.05) is 26.6 Å². The summed E-state index contributed by atoms with van der Waals surface area (Å²) in [5.41, 5.74) is 6.72. The van der Waals surface area contributed by atoms with Gasteiger partial charge in [0.05, 0.1) is 6.61 Å². The quantitative estimate of drug-likeness (QED) is 0.893. The van der Waals surface area contributed by atoms with E-state index in [0.29, 0.717) is 13.2 Å². The van der Waals surface area contributed by atoms with Crippen LogP contribution in [0.2, 0.25) is 0 Å². The third kappa shape index (κ3) is 2.77. The van der Waals surface area contributed by atoms with Crippen molar-refractivity contribution >= 4 is 0 Å². The molecular weight excluding hydrogens is 246 g/mol. The van der Waals surface area contributed by atoms with Gasteiger partial charge in [0.25, 0.3) is 0 Å². The molecule has 1 aromatic rings. The predicted octanol–water partition coefficient (Wildman–Crippen LogP) is 1.47. The summed E-state index contributed by atoms with van der Waals surface area (Å²) in [7, 11) is 0. The average Bonchev–Trinajstić information content (AvgIpc) is 2.88. The monoisotopic (exact) mass is 265 g/mol. The molecule has 0 bridgehead atoms. The zero-order valence-electron chi connectivity index (χ0n) is 10.9. The summed E-state index contributed by atoms with van der Waals surface area (Å²) >= 11 is 0. The maximum Gasteiger partial charge on any atom is 0.231 e. The summed E-state index contributed by atoms with van der Waals surface area (Å²) in [5.74, 6) is 2.35. The summed E-state index contributed by atoms with van der Waals surface area (Å²) in [6.07, 6.45) is 2.95. The van der Waals surface area contributed by atoms with Crippen LogP contribution in [0.4, 0.5) is 0 Å². The van der Waals surface area contributed by atoms with Crippen LogP contribution in [0.25, 0.3) is 0 Å². The van der Waals surface area contributed by atoms with Crippen LogP contribution >= 0.6 is 0 Å². The second-order valence-corrected chi connectivity index (χ2v) is 4.81. The Morgan fingerprint density at radius 2 is 2.11 bits per heavy atom. The highest BCUT2D eigenvalue weighted by Gasteiger charge is 2.21. The fourth-order valence-corrected chi connectivity index (χ4v) is 2.41. The Hall–Kier alpha value is -1.46. The topological polar surface area (TPSA) is 62.9 Å². The Balaban J connectivity index is 1.81. The van der Waals surface area contributed by atoms with Gasteiger partial charge in [-0.1, -0.05) is 0 Å². The first-order chi connectivity index (χ1) is 9.36. The minimum atomic E-state index is 0.116. The van der Waals surface area contributed by atoms with Crippen molar-refractivity contribution in [1.82, 2.24) is 0 Å². The third-order valence-corrected chi connectivity index (χ3v) is 3.38. The van der Waals surface area contributed by atoms with Crippen molar-refractivity contribution in [2.24, 2.45) is 5.73 Å². The Bertz CT molecular complexity index is 443. The number of ether oxygens (including phenoxy) is 4. The maximum absolute atomic E-state index is 6.05. The number of hydrogen-bond donors (Lipinski definition) is 1. The highest BCUT2D eigenvalue weighted by Crippen LogP contribution is 2.38. The van der Waals surface area contributed by atoms with Crippen molar-refractivity contribution < 1.29 is 18.9 Å². The molecule has 2 N–H and O–H groups in total. The zero-order valence-corrected chi connectivity index (χ0v) is 10.9. The molecule has 0 radical (unpaired) electrons. The predicted molar refractivity (Wildman–Crippen MR) is 69.8 cm³/mol. The molecule has 0 aliphatic carbocycles. The molecule has 1 fully saturated rings. The van der Waals surface area contributed by atoms with Crippen LogP contribution in [0.1, 0.15) is 18.4 Å². The van der Waals surface area contributed by atoms with Gasteiger partial charge in [0.1, 0.15) is 11.9 Å². The Labute approximate surface area is 112 Å². The lowest BCUT2D eigenvalue weighted by molar-refractivity contribution is 0.00699. The normalized spacial score (nSPS) is 21.4. The Kier molecular flexibility index (Phi) is 3.75. The van der Waals surface area contributed by atoms with Gasteiger partial charge in [0, 0.05) is 12.7 Å². The van der Waals surface area contributed by atoms with Crippen molar-refractivity contribution in [2.45, 2.75) is 25.4 Å². The van der Waals surface area contributed by atoms with Crippen molar-refractivity contribution in [3.63, 3.8) is 0 Å². The van der Waals surface area contributed by atoms with E-state index in [2.05, 4.69) is 0 Å². The van der Waals surface area contributed by atoms with Gasteiger partial charge < -0.3 is 24.7 Å². The van der Waals surface area contributed by atoms with Gasteiger partial charge in [-0.05, 0) is 37.4 Å². The van der Waals surface area contributed by atoms with Crippen molar-refractivity contribution in [1.29, 1.82) is 0 Å². The Morgan fingerprint density at radius 1 is 1.26 bits per heavy atom. The van der Waals surface area contributed by atoms with Crippen LogP contribution < -0.4 is 19.9 Å². The van der Waals surface area contributed by atoms with Gasteiger partial charge >= 0.3 is 0 Å². The van der Waals surface area contributed by atoms with E-state index in [4.69, 9.17) is 24.7 Å². The first-order valence-corrected chi connectivity index (χ1v) is 6.74. The molecule has 1 atom stereocenters. The summed E-state index contributed by atoms with van der Waals surface area (Å²) in [6.45, 7) is 2.33. The number of fused-ring (bicyclic) bond motifs is 1. The second kappa shape index (κ2) is 5.67. The molecule has 1 unspecified atom stereocenters. The molecule has 1 aromatic carbocycles. The third-order valence-electron chi connectivity index (χ3n) is 3.38. The average molecular weight is 265 g/mol. The van der Waals surface area contributed by atoms with Gasteiger partial charge in [-0.3, -0.25) is 0 Å². The van der Waals surface area contributed by atoms with E-state index in [9.17, 15) is 0 Å². The minimum absolute atomic E-state index is 0.116. The summed E-state index contributed by atoms with van der Waals surface area (Å²) < 4.78 is 22.3. The van der Waals surface area contributed by atoms with Crippen LogP contribution in [0, 0.1) is 0 Å². The first kappa shape index (κ1) is 12.6. The molecule has 5 heteroatoms. The first-order valence-electron chi connectivity index (χ1n) is 6.74. The molecule has 0 amide bonds. The lowest BCUT2D eigenvalue weighted by Gasteiger charge is -2.24. The number of hydrogen-bond acceptors (Lipinski definition) is 5. The zero-order chi connectivity index (χ0) is 13.1. The summed E-state index contributed by atoms with van der Waals surface area (Å²) in [6, 6.07) is 3.87. The van der Waals surface area contributed by atoms with E-state index >= 15 is 0 Å². The standard InChI is InChI=1S/C14H19NO4/c15-4-3-10-6-13-14(18-9-17-13)7-12(10)19-11-2-1-5-16-8-11/h6-7,11H,1-5,8-9,15H2. The van der Waals surface area contributed by atoms with Gasteiger partial charge in [0.15, 0.2) is 11.5 Å². The number of nitrogens with two attached hydrogens (primary N) is 1. The SMILES string of the molecule is NCCc1cc2c(cc1OC1CCCOC1)OCO2. The lowest BCUT2D eigenvalue weighted by Crippen LogP contribution is -2.28. The van der Waals surface area contributed by atoms with Crippen LogP contribution in [0.5, 0.6) is 17.2 Å². The van der Waals surface area contributed by atoms with Gasteiger partial charge in [-0.2, -0.15) is 0 Å². The summed E-state index contributed by atoms with van der Waals surface area (Å²) in [4.78, 5) is 0. The smallest absolute Gasteiger partial charge is 0.231 e. The van der Waals surface area contributed by atoms with Gasteiger partial charge in [-0.15, -0.1) is 0 Å². The molecule has 3 rings (SSSR count). The molecule has 104 valence electrons. The van der Waals surface area contributed by atoms with Crippen LogP contribution in [0.3, 0.4) is 0 Å². The molecule has 19 heavy (non-hydrogen) atoms. The van der Waals surface area contributed by atoms with E-state index in [1.807, 2.05) is 12.1 Å². The molecule has 5 nitrogen and oxygen atoms in total. The molecule has 1 saturated heterocycles. The van der Waals surface area contributed by atoms with E-state index in [1.165, 1.54) is 0 Å². The van der Waals surface area contributed by atoms with Crippen molar-refractivity contribution in [3.8, 4) is 17.2 Å². The fraction of sp³-hybridized carbons (Fsp3) is 0.571. The highest BCUT2D eigenvalue weighted by atomic mass is 16.7. The van der Waals surface area contributed by atoms with Crippen LogP contribution in [0.15, 0.2) is 12.1 Å². The van der Waals surface area contributed by atoms with Crippen LogP contribution in [-0.2, 0) is 11.2 Å². The largest absolute Gasteiger partial charge is 0.488 e. The molecule has 0 aromatic heterocycles. The van der Waals surface area contributed by atoms with Crippen molar-refractivity contribution in [3.05, 3.63) is 17.7 Å². The molecule has 0 spiro atoms. The van der Waals surface area contributed by atoms with E-state index in [0.717, 1.165) is 48.7 Å². The van der Waals surface area contributed by atoms with Gasteiger partial charge in [0.2, 0.25) is 6.79 Å². The number of rotatable bonds is 4. The molecule has 0 saturated carbocycles. The van der Waals surface area contributed by atoms with E-state index in [-0.39, 0.29) is 12.9 Å². The lowest BCUT2D eigenvalue weighted by atomic mass is 10.1. The maximum atomic E-state index is 6.05. The van der Waals surface area contributed by atoms with Crippen LogP contribution in [-0.4, -0.2) is 32.7 Å².